The third kappa shape index (κ3) is 3.52. The van der Waals surface area contributed by atoms with Gasteiger partial charge in [-0.25, -0.2) is 9.07 Å². The third-order valence-electron chi connectivity index (χ3n) is 3.56. The summed E-state index contributed by atoms with van der Waals surface area (Å²) in [5, 5.41) is 14.7. The Morgan fingerprint density at radius 3 is 2.67 bits per heavy atom. The summed E-state index contributed by atoms with van der Waals surface area (Å²) in [7, 11) is 0. The fourth-order valence-corrected chi connectivity index (χ4v) is 2.31. The molecule has 0 bridgehead atoms. The Balaban J connectivity index is 1.50. The molecule has 8 nitrogen and oxygen atoms in total. The molecule has 136 valence electrons. The van der Waals surface area contributed by atoms with E-state index in [2.05, 4.69) is 30.5 Å². The van der Waals surface area contributed by atoms with Crippen LogP contribution in [0.5, 0.6) is 0 Å². The molecule has 0 fully saturated rings. The molecule has 0 aromatic carbocycles. The lowest BCUT2D eigenvalue weighted by Gasteiger charge is -2.01. The zero-order chi connectivity index (χ0) is 18.8. The van der Waals surface area contributed by atoms with Crippen molar-refractivity contribution in [3.8, 4) is 22.8 Å². The van der Waals surface area contributed by atoms with E-state index in [9.17, 15) is 13.2 Å². The summed E-state index contributed by atoms with van der Waals surface area (Å²) < 4.78 is 45.1. The molecular weight excluding hydrogens is 363 g/mol. The molecule has 0 radical (unpaired) electrons. The molecule has 0 aliphatic rings. The minimum absolute atomic E-state index is 0.0435. The maximum absolute atomic E-state index is 13.7. The van der Waals surface area contributed by atoms with Crippen LogP contribution in [-0.2, 0) is 6.54 Å². The van der Waals surface area contributed by atoms with Crippen molar-refractivity contribution >= 4 is 0 Å². The quantitative estimate of drug-likeness (QED) is 0.531. The van der Waals surface area contributed by atoms with Crippen LogP contribution >= 0.6 is 0 Å². The highest BCUT2D eigenvalue weighted by Gasteiger charge is 2.17. The molecule has 11 heteroatoms. The first-order chi connectivity index (χ1) is 13.1. The molecule has 0 aliphatic heterocycles. The van der Waals surface area contributed by atoms with Crippen molar-refractivity contribution in [1.82, 2.24) is 35.2 Å². The van der Waals surface area contributed by atoms with Crippen LogP contribution in [0.25, 0.3) is 22.8 Å². The van der Waals surface area contributed by atoms with Gasteiger partial charge in [0.1, 0.15) is 11.4 Å². The minimum Gasteiger partial charge on any atom is -0.415 e. The molecule has 0 aliphatic carbocycles. The van der Waals surface area contributed by atoms with Gasteiger partial charge in [-0.05, 0) is 24.3 Å². The van der Waals surface area contributed by atoms with E-state index in [-0.39, 0.29) is 18.1 Å². The van der Waals surface area contributed by atoms with E-state index in [0.717, 1.165) is 0 Å². The Bertz CT molecular complexity index is 1060. The molecule has 4 aromatic heterocycles. The fourth-order valence-electron chi connectivity index (χ4n) is 2.31. The second-order valence-electron chi connectivity index (χ2n) is 5.42. The van der Waals surface area contributed by atoms with E-state index in [1.807, 2.05) is 0 Å². The van der Waals surface area contributed by atoms with Crippen LogP contribution in [0.2, 0.25) is 0 Å². The normalized spacial score (nSPS) is 11.3. The Hall–Kier alpha value is -3.63. The number of hydrogen-bond acceptors (Lipinski definition) is 7. The lowest BCUT2D eigenvalue weighted by molar-refractivity contribution is 0.116. The number of pyridine rings is 2. The highest BCUT2D eigenvalue weighted by atomic mass is 19.3. The molecule has 0 spiro atoms. The Morgan fingerprint density at radius 2 is 1.96 bits per heavy atom. The number of aromatic nitrogens is 7. The number of rotatable bonds is 5. The van der Waals surface area contributed by atoms with Crippen LogP contribution in [0.3, 0.4) is 0 Å². The van der Waals surface area contributed by atoms with Gasteiger partial charge in [-0.3, -0.25) is 9.97 Å². The van der Waals surface area contributed by atoms with Gasteiger partial charge in [-0.1, -0.05) is 5.21 Å². The van der Waals surface area contributed by atoms with Crippen molar-refractivity contribution in [2.45, 2.75) is 13.0 Å². The van der Waals surface area contributed by atoms with Crippen LogP contribution in [0.4, 0.5) is 13.2 Å². The first-order valence-corrected chi connectivity index (χ1v) is 7.68. The molecule has 0 unspecified atom stereocenters. The largest absolute Gasteiger partial charge is 0.415 e. The molecule has 0 amide bonds. The van der Waals surface area contributed by atoms with Crippen molar-refractivity contribution in [2.24, 2.45) is 0 Å². The van der Waals surface area contributed by atoms with Crippen molar-refractivity contribution in [3.63, 3.8) is 0 Å². The molecule has 0 saturated carbocycles. The van der Waals surface area contributed by atoms with E-state index >= 15 is 0 Å². The summed E-state index contributed by atoms with van der Waals surface area (Å²) in [6, 6.07) is 6.05. The second-order valence-corrected chi connectivity index (χ2v) is 5.42. The van der Waals surface area contributed by atoms with Crippen molar-refractivity contribution in [1.29, 1.82) is 0 Å². The van der Waals surface area contributed by atoms with Gasteiger partial charge >= 0.3 is 6.43 Å². The van der Waals surface area contributed by atoms with Crippen molar-refractivity contribution in [3.05, 3.63) is 60.3 Å². The van der Waals surface area contributed by atoms with Gasteiger partial charge in [0.15, 0.2) is 5.82 Å². The van der Waals surface area contributed by atoms with Crippen LogP contribution in [0.15, 0.2) is 47.3 Å². The number of alkyl halides is 2. The monoisotopic (exact) mass is 373 g/mol. The summed E-state index contributed by atoms with van der Waals surface area (Å²) in [6.45, 7) is 0.272. The van der Waals surface area contributed by atoms with E-state index < -0.39 is 18.1 Å². The van der Waals surface area contributed by atoms with Gasteiger partial charge in [0, 0.05) is 12.4 Å². The smallest absolute Gasteiger partial charge is 0.314 e. The highest BCUT2D eigenvalue weighted by Crippen LogP contribution is 2.23. The standard InChI is InChI=1S/C16H10F3N7O/c17-11-2-1-5-20-13(11)12-8-26(25-22-12)7-10-4-3-9(6-21-10)15-23-24-16(27-15)14(18)19/h1-6,8,14H,7H2. The molecule has 0 N–H and O–H groups in total. The Kier molecular flexibility index (Phi) is 4.32. The highest BCUT2D eigenvalue weighted by molar-refractivity contribution is 5.53. The van der Waals surface area contributed by atoms with E-state index in [0.29, 0.717) is 17.0 Å². The van der Waals surface area contributed by atoms with Gasteiger partial charge in [-0.15, -0.1) is 15.3 Å². The molecule has 0 atom stereocenters. The first kappa shape index (κ1) is 16.8. The van der Waals surface area contributed by atoms with Crippen LogP contribution in [0, 0.1) is 5.82 Å². The average molecular weight is 373 g/mol. The molecule has 4 heterocycles. The Morgan fingerprint density at radius 1 is 1.07 bits per heavy atom. The van der Waals surface area contributed by atoms with Crippen molar-refractivity contribution in [2.75, 3.05) is 0 Å². The van der Waals surface area contributed by atoms with E-state index in [1.165, 1.54) is 29.2 Å². The lowest BCUT2D eigenvalue weighted by Crippen LogP contribution is -2.02. The summed E-state index contributed by atoms with van der Waals surface area (Å²) >= 11 is 0. The Labute approximate surface area is 149 Å². The van der Waals surface area contributed by atoms with Gasteiger partial charge in [0.25, 0.3) is 5.89 Å². The van der Waals surface area contributed by atoms with Gasteiger partial charge in [0.2, 0.25) is 5.89 Å². The third-order valence-corrected chi connectivity index (χ3v) is 3.56. The molecule has 4 aromatic rings. The molecule has 4 rings (SSSR count). The molecule has 0 saturated heterocycles. The predicted octanol–water partition coefficient (Wildman–Crippen LogP) is 2.91. The van der Waals surface area contributed by atoms with Crippen LogP contribution in [-0.4, -0.2) is 35.2 Å². The first-order valence-electron chi connectivity index (χ1n) is 7.68. The fraction of sp³-hybridized carbons (Fsp3) is 0.125. The number of hydrogen-bond donors (Lipinski definition) is 0. The second kappa shape index (κ2) is 6.94. The van der Waals surface area contributed by atoms with Crippen LogP contribution < -0.4 is 0 Å². The zero-order valence-electron chi connectivity index (χ0n) is 13.5. The lowest BCUT2D eigenvalue weighted by atomic mass is 10.2. The van der Waals surface area contributed by atoms with Crippen LogP contribution in [0.1, 0.15) is 18.0 Å². The number of halogens is 3. The maximum atomic E-state index is 13.7. The summed E-state index contributed by atoms with van der Waals surface area (Å²) in [5.74, 6) is -1.28. The van der Waals surface area contributed by atoms with Gasteiger partial charge in [-0.2, -0.15) is 8.78 Å². The average Bonchev–Trinajstić information content (AvgIpc) is 3.33. The van der Waals surface area contributed by atoms with Gasteiger partial charge in [0.05, 0.1) is 24.0 Å². The topological polar surface area (TPSA) is 95.4 Å². The van der Waals surface area contributed by atoms with Crippen molar-refractivity contribution < 1.29 is 17.6 Å². The molecule has 27 heavy (non-hydrogen) atoms. The summed E-state index contributed by atoms with van der Waals surface area (Å²) in [4.78, 5) is 8.16. The summed E-state index contributed by atoms with van der Waals surface area (Å²) in [5.41, 5.74) is 1.44. The van der Waals surface area contributed by atoms with E-state index in [1.54, 1.807) is 18.3 Å². The number of nitrogens with zero attached hydrogens (tertiary/aromatic N) is 7. The SMILES string of the molecule is Fc1cccnc1-c1cn(Cc2ccc(-c3nnc(C(F)F)o3)cn2)nn1. The maximum Gasteiger partial charge on any atom is 0.314 e. The van der Waals surface area contributed by atoms with Gasteiger partial charge < -0.3 is 4.42 Å². The zero-order valence-corrected chi connectivity index (χ0v) is 13.5. The molecular formula is C16H10F3N7O. The minimum atomic E-state index is -2.83. The van der Waals surface area contributed by atoms with E-state index in [4.69, 9.17) is 4.42 Å². The summed E-state index contributed by atoms with van der Waals surface area (Å²) in [6.07, 6.45) is 1.61. The predicted molar refractivity (Wildman–Crippen MR) is 84.8 cm³/mol.